The van der Waals surface area contributed by atoms with Crippen molar-refractivity contribution < 1.29 is 4.84 Å². The molecule has 3 rings (SSSR count). The van der Waals surface area contributed by atoms with Crippen molar-refractivity contribution in [2.24, 2.45) is 0 Å². The van der Waals surface area contributed by atoms with Crippen LogP contribution in [0.2, 0.25) is 0 Å². The van der Waals surface area contributed by atoms with Crippen molar-refractivity contribution in [1.82, 2.24) is 20.2 Å². The van der Waals surface area contributed by atoms with Crippen LogP contribution in [-0.4, -0.2) is 26.8 Å². The Morgan fingerprint density at radius 3 is 2.95 bits per heavy atom. The van der Waals surface area contributed by atoms with Gasteiger partial charge in [-0.3, -0.25) is 9.94 Å². The van der Waals surface area contributed by atoms with Gasteiger partial charge in [0.05, 0.1) is 17.8 Å². The third-order valence-electron chi connectivity index (χ3n) is 3.29. The second kappa shape index (κ2) is 6.40. The molecule has 0 radical (unpaired) electrons. The van der Waals surface area contributed by atoms with Crippen LogP contribution in [-0.2, 0) is 4.84 Å². The molecule has 0 aliphatic carbocycles. The van der Waals surface area contributed by atoms with E-state index in [4.69, 9.17) is 10.6 Å². The summed E-state index contributed by atoms with van der Waals surface area (Å²) in [5, 5.41) is 7.74. The van der Waals surface area contributed by atoms with E-state index in [1.807, 2.05) is 24.3 Å². The smallest absolute Gasteiger partial charge is 0.222 e. The zero-order valence-corrected chi connectivity index (χ0v) is 12.3. The third-order valence-corrected chi connectivity index (χ3v) is 3.29. The maximum Gasteiger partial charge on any atom is 0.222 e. The van der Waals surface area contributed by atoms with Crippen molar-refractivity contribution >= 4 is 22.7 Å². The second-order valence-electron chi connectivity index (χ2n) is 4.94. The van der Waals surface area contributed by atoms with Crippen LogP contribution in [0.25, 0.3) is 22.2 Å². The molecule has 22 heavy (non-hydrogen) atoms. The molecule has 4 N–H and O–H groups in total. The largest absolute Gasteiger partial charge is 0.368 e. The number of aromatic amines is 1. The van der Waals surface area contributed by atoms with Gasteiger partial charge < -0.3 is 5.73 Å². The Kier molecular flexibility index (Phi) is 4.15. The lowest BCUT2D eigenvalue weighted by Crippen LogP contribution is -2.07. The number of H-pyrrole nitrogens is 1. The van der Waals surface area contributed by atoms with Gasteiger partial charge in [-0.25, -0.2) is 10.5 Å². The predicted octanol–water partition coefficient (Wildman–Crippen LogP) is 2.75. The fourth-order valence-electron chi connectivity index (χ4n) is 2.15. The Morgan fingerprint density at radius 1 is 1.27 bits per heavy atom. The van der Waals surface area contributed by atoms with Crippen molar-refractivity contribution in [1.29, 1.82) is 0 Å². The van der Waals surface area contributed by atoms with Gasteiger partial charge in [0.2, 0.25) is 5.95 Å². The molecule has 0 saturated carbocycles. The fourth-order valence-corrected chi connectivity index (χ4v) is 2.15. The minimum atomic E-state index is 0.204. The summed E-state index contributed by atoms with van der Waals surface area (Å²) in [5.74, 6) is 0.783. The highest BCUT2D eigenvalue weighted by atomic mass is 16.6. The van der Waals surface area contributed by atoms with E-state index in [9.17, 15) is 0 Å². The van der Waals surface area contributed by atoms with E-state index >= 15 is 0 Å². The number of nitrogen functional groups attached to an aromatic ring is 1. The molecule has 0 aliphatic rings. The molecule has 0 spiro atoms. The summed E-state index contributed by atoms with van der Waals surface area (Å²) in [6.45, 7) is 2.73. The quantitative estimate of drug-likeness (QED) is 0.478. The summed E-state index contributed by atoms with van der Waals surface area (Å²) in [7, 11) is 0. The molecule has 7 heteroatoms. The number of aromatic nitrogens is 4. The highest BCUT2D eigenvalue weighted by Crippen LogP contribution is 2.26. The summed E-state index contributed by atoms with van der Waals surface area (Å²) >= 11 is 0. The van der Waals surface area contributed by atoms with Gasteiger partial charge in [0.1, 0.15) is 0 Å². The molecule has 0 aliphatic heterocycles. The topological polar surface area (TPSA) is 102 Å². The Hall–Kier alpha value is -2.67. The van der Waals surface area contributed by atoms with Crippen LogP contribution in [0.3, 0.4) is 0 Å². The summed E-state index contributed by atoms with van der Waals surface area (Å²) < 4.78 is 0. The monoisotopic (exact) mass is 298 g/mol. The number of anilines is 2. The number of nitrogens with zero attached hydrogens (tertiary/aromatic N) is 3. The van der Waals surface area contributed by atoms with Gasteiger partial charge in [0.25, 0.3) is 0 Å². The molecule has 1 aromatic carbocycles. The first-order chi connectivity index (χ1) is 10.8. The van der Waals surface area contributed by atoms with Gasteiger partial charge in [-0.1, -0.05) is 19.4 Å². The Labute approximate surface area is 127 Å². The zero-order chi connectivity index (χ0) is 15.4. The van der Waals surface area contributed by atoms with Gasteiger partial charge in [-0.05, 0) is 24.6 Å². The van der Waals surface area contributed by atoms with Crippen molar-refractivity contribution in [2.45, 2.75) is 19.8 Å². The average Bonchev–Trinajstić information content (AvgIpc) is 3.05. The van der Waals surface area contributed by atoms with Gasteiger partial charge in [0.15, 0.2) is 5.82 Å². The van der Waals surface area contributed by atoms with E-state index in [1.165, 1.54) is 0 Å². The maximum atomic E-state index is 5.79. The van der Waals surface area contributed by atoms with Gasteiger partial charge >= 0.3 is 0 Å². The fraction of sp³-hybridized carbons (Fsp3) is 0.267. The van der Waals surface area contributed by atoms with Crippen molar-refractivity contribution in [3.63, 3.8) is 0 Å². The number of hydrogen-bond acceptors (Lipinski definition) is 6. The Morgan fingerprint density at radius 2 is 2.18 bits per heavy atom. The normalized spacial score (nSPS) is 11.0. The van der Waals surface area contributed by atoms with Crippen LogP contribution >= 0.6 is 0 Å². The lowest BCUT2D eigenvalue weighted by Gasteiger charge is -2.10. The van der Waals surface area contributed by atoms with E-state index in [1.54, 1.807) is 6.20 Å². The van der Waals surface area contributed by atoms with Crippen LogP contribution in [0.5, 0.6) is 0 Å². The highest BCUT2D eigenvalue weighted by Gasteiger charge is 2.08. The molecule has 114 valence electrons. The second-order valence-corrected chi connectivity index (χ2v) is 4.94. The first-order valence-corrected chi connectivity index (χ1v) is 7.22. The molecular formula is C15H18N6O. The molecule has 0 atom stereocenters. The van der Waals surface area contributed by atoms with Crippen molar-refractivity contribution in [3.8, 4) is 11.3 Å². The number of rotatable bonds is 6. The zero-order valence-electron chi connectivity index (χ0n) is 12.3. The summed E-state index contributed by atoms with van der Waals surface area (Å²) in [6.07, 6.45) is 3.76. The average molecular weight is 298 g/mol. The molecule has 0 amide bonds. The van der Waals surface area contributed by atoms with E-state index in [2.05, 4.69) is 32.6 Å². The number of hydrogen-bond donors (Lipinski definition) is 3. The van der Waals surface area contributed by atoms with Crippen LogP contribution in [0.4, 0.5) is 11.8 Å². The lowest BCUT2D eigenvalue weighted by atomic mass is 10.1. The summed E-state index contributed by atoms with van der Waals surface area (Å²) in [6, 6.07) is 7.76. The van der Waals surface area contributed by atoms with E-state index in [-0.39, 0.29) is 5.95 Å². The van der Waals surface area contributed by atoms with E-state index in [0.29, 0.717) is 12.4 Å². The molecule has 0 fully saturated rings. The first-order valence-electron chi connectivity index (χ1n) is 7.22. The molecule has 2 aromatic heterocycles. The number of benzene rings is 1. The molecule has 0 unspecified atom stereocenters. The van der Waals surface area contributed by atoms with Crippen molar-refractivity contribution in [3.05, 3.63) is 30.5 Å². The summed E-state index contributed by atoms with van der Waals surface area (Å²) in [4.78, 5) is 13.9. The van der Waals surface area contributed by atoms with Gasteiger partial charge in [0, 0.05) is 17.1 Å². The predicted molar refractivity (Wildman–Crippen MR) is 86.0 cm³/mol. The van der Waals surface area contributed by atoms with Crippen LogP contribution in [0, 0.1) is 0 Å². The summed E-state index contributed by atoms with van der Waals surface area (Å²) in [5.41, 5.74) is 11.3. The molecule has 0 saturated heterocycles. The molecule has 7 nitrogen and oxygen atoms in total. The minimum Gasteiger partial charge on any atom is -0.368 e. The molecular weight excluding hydrogens is 280 g/mol. The Bertz CT molecular complexity index is 756. The molecule has 2 heterocycles. The van der Waals surface area contributed by atoms with E-state index < -0.39 is 0 Å². The lowest BCUT2D eigenvalue weighted by molar-refractivity contribution is 0.189. The Balaban J connectivity index is 1.92. The first kappa shape index (κ1) is 14.3. The number of nitrogens with one attached hydrogen (secondary N) is 2. The number of nitrogens with two attached hydrogens (primary N) is 1. The van der Waals surface area contributed by atoms with Crippen LogP contribution in [0.1, 0.15) is 19.8 Å². The number of unbranched alkanes of at least 4 members (excludes halogenated alkanes) is 1. The van der Waals surface area contributed by atoms with Crippen LogP contribution in [0.15, 0.2) is 30.5 Å². The maximum absolute atomic E-state index is 5.79. The van der Waals surface area contributed by atoms with Gasteiger partial charge in [-0.15, -0.1) is 0 Å². The highest BCUT2D eigenvalue weighted by molar-refractivity contribution is 5.92. The van der Waals surface area contributed by atoms with Gasteiger partial charge in [-0.2, -0.15) is 10.1 Å². The van der Waals surface area contributed by atoms with E-state index in [0.717, 1.165) is 35.0 Å². The minimum absolute atomic E-state index is 0.204. The van der Waals surface area contributed by atoms with Crippen LogP contribution < -0.4 is 11.2 Å². The SMILES string of the molecule is CCCCONc1nc(N)nc2cc(-c3ccn[nH]3)ccc12. The third kappa shape index (κ3) is 2.99. The molecule has 3 aromatic rings. The number of fused-ring (bicyclic) bond motifs is 1. The molecule has 0 bridgehead atoms. The van der Waals surface area contributed by atoms with Crippen molar-refractivity contribution in [2.75, 3.05) is 17.8 Å². The standard InChI is InChI=1S/C15H18N6O/c1-2-3-8-22-21-14-11-5-4-10(12-6-7-17-20-12)9-13(11)18-15(16)19-14/h4-7,9H,2-3,8H2,1H3,(H,17,20)(H3,16,18,19,21).